The van der Waals surface area contributed by atoms with E-state index in [0.717, 1.165) is 31.2 Å². The van der Waals surface area contributed by atoms with Crippen LogP contribution in [0.25, 0.3) is 0 Å². The van der Waals surface area contributed by atoms with E-state index in [0.29, 0.717) is 18.2 Å². The van der Waals surface area contributed by atoms with Crippen LogP contribution in [0.15, 0.2) is 23.1 Å². The van der Waals surface area contributed by atoms with Crippen molar-refractivity contribution in [3.8, 4) is 0 Å². The van der Waals surface area contributed by atoms with Crippen molar-refractivity contribution in [2.45, 2.75) is 43.5 Å². The highest BCUT2D eigenvalue weighted by atomic mass is 35.5. The van der Waals surface area contributed by atoms with Gasteiger partial charge in [-0.1, -0.05) is 6.07 Å². The first-order valence-electron chi connectivity index (χ1n) is 8.05. The van der Waals surface area contributed by atoms with Crippen LogP contribution < -0.4 is 15.4 Å². The normalized spacial score (nSPS) is 18.5. The van der Waals surface area contributed by atoms with E-state index in [1.807, 2.05) is 0 Å². The zero-order valence-corrected chi connectivity index (χ0v) is 15.3. The number of aryl methyl sites for hydroxylation is 1. The summed E-state index contributed by atoms with van der Waals surface area (Å²) < 4.78 is 27.5. The number of halogens is 1. The van der Waals surface area contributed by atoms with E-state index >= 15 is 0 Å². The molecular weight excluding hydrogens is 350 g/mol. The number of sulfonamides is 1. The Morgan fingerprint density at radius 2 is 2.12 bits per heavy atom. The number of anilines is 1. The molecule has 1 aromatic carbocycles. The number of benzene rings is 1. The van der Waals surface area contributed by atoms with Crippen LogP contribution in [0, 0.1) is 5.92 Å². The first-order chi connectivity index (χ1) is 10.9. The zero-order chi connectivity index (χ0) is 16.6. The maximum Gasteiger partial charge on any atom is 0.240 e. The number of fused-ring (bicyclic) bond motifs is 1. The van der Waals surface area contributed by atoms with E-state index in [1.165, 1.54) is 6.92 Å². The van der Waals surface area contributed by atoms with Crippen molar-refractivity contribution in [2.24, 2.45) is 11.7 Å². The Labute approximate surface area is 149 Å². The summed E-state index contributed by atoms with van der Waals surface area (Å²) in [7, 11) is -3.61. The lowest BCUT2D eigenvalue weighted by Crippen LogP contribution is -2.38. The second kappa shape index (κ2) is 7.39. The minimum atomic E-state index is -3.61. The van der Waals surface area contributed by atoms with Gasteiger partial charge in [0.15, 0.2) is 0 Å². The number of rotatable bonds is 5. The third-order valence-electron chi connectivity index (χ3n) is 4.60. The number of hydrogen-bond donors (Lipinski definition) is 2. The van der Waals surface area contributed by atoms with Crippen LogP contribution in [0.5, 0.6) is 0 Å². The van der Waals surface area contributed by atoms with E-state index in [-0.39, 0.29) is 35.8 Å². The molecule has 1 atom stereocenters. The van der Waals surface area contributed by atoms with Gasteiger partial charge in [0, 0.05) is 31.7 Å². The highest BCUT2D eigenvalue weighted by Crippen LogP contribution is 2.32. The summed E-state index contributed by atoms with van der Waals surface area (Å²) in [5, 5.41) is 0. The lowest BCUT2D eigenvalue weighted by atomic mass is 10.0. The lowest BCUT2D eigenvalue weighted by Gasteiger charge is -2.29. The van der Waals surface area contributed by atoms with Gasteiger partial charge >= 0.3 is 0 Å². The summed E-state index contributed by atoms with van der Waals surface area (Å²) >= 11 is 0. The van der Waals surface area contributed by atoms with E-state index < -0.39 is 10.0 Å². The summed E-state index contributed by atoms with van der Waals surface area (Å²) in [6, 6.07) is 4.88. The smallest absolute Gasteiger partial charge is 0.240 e. The minimum Gasteiger partial charge on any atom is -0.326 e. The second-order valence-electron chi connectivity index (χ2n) is 6.42. The van der Waals surface area contributed by atoms with Crippen LogP contribution in [0.2, 0.25) is 0 Å². The van der Waals surface area contributed by atoms with Gasteiger partial charge in [-0.3, -0.25) is 4.79 Å². The van der Waals surface area contributed by atoms with Gasteiger partial charge in [0.05, 0.1) is 4.90 Å². The van der Waals surface area contributed by atoms with Crippen LogP contribution in [-0.4, -0.2) is 33.5 Å². The van der Waals surface area contributed by atoms with Crippen LogP contribution in [-0.2, 0) is 21.2 Å². The molecule has 1 aliphatic heterocycles. The van der Waals surface area contributed by atoms with Crippen molar-refractivity contribution in [3.05, 3.63) is 23.8 Å². The van der Waals surface area contributed by atoms with E-state index in [9.17, 15) is 13.2 Å². The summed E-state index contributed by atoms with van der Waals surface area (Å²) in [6.45, 7) is 2.38. The number of amides is 1. The third-order valence-corrected chi connectivity index (χ3v) is 6.02. The van der Waals surface area contributed by atoms with Gasteiger partial charge in [0.25, 0.3) is 0 Å². The van der Waals surface area contributed by atoms with Crippen molar-refractivity contribution >= 4 is 34.0 Å². The number of carbonyl (C=O) groups excluding carboxylic acids is 1. The SMILES string of the molecule is CC(=O)N1CCCc2ccc(S(=O)(=O)NCC(N)C3CC3)cc21.Cl. The number of nitrogens with zero attached hydrogens (tertiary/aromatic N) is 1. The Hall–Kier alpha value is -1.15. The summed E-state index contributed by atoms with van der Waals surface area (Å²) in [5.74, 6) is 0.374. The molecule has 8 heteroatoms. The number of carbonyl (C=O) groups is 1. The number of nitrogens with one attached hydrogen (secondary N) is 1. The molecule has 1 aromatic rings. The van der Waals surface area contributed by atoms with Crippen molar-refractivity contribution in [3.63, 3.8) is 0 Å². The highest BCUT2D eigenvalue weighted by Gasteiger charge is 2.30. The van der Waals surface area contributed by atoms with Gasteiger partial charge in [-0.05, 0) is 49.3 Å². The maximum atomic E-state index is 12.5. The minimum absolute atomic E-state index is 0. The molecule has 1 saturated carbocycles. The standard InChI is InChI=1S/C16H23N3O3S.ClH/c1-11(20)19-8-2-3-13-6-7-14(9-16(13)19)23(21,22)18-10-15(17)12-4-5-12;/h6-7,9,12,15,18H,2-5,8,10,17H2,1H3;1H. The average Bonchev–Trinajstić information content (AvgIpc) is 3.36. The van der Waals surface area contributed by atoms with Gasteiger partial charge in [0.2, 0.25) is 15.9 Å². The fourth-order valence-electron chi connectivity index (χ4n) is 3.03. The highest BCUT2D eigenvalue weighted by molar-refractivity contribution is 7.89. The van der Waals surface area contributed by atoms with E-state index in [4.69, 9.17) is 5.73 Å². The van der Waals surface area contributed by atoms with Crippen molar-refractivity contribution in [1.82, 2.24) is 4.72 Å². The molecule has 3 rings (SSSR count). The van der Waals surface area contributed by atoms with Gasteiger partial charge in [-0.15, -0.1) is 12.4 Å². The van der Waals surface area contributed by atoms with Crippen molar-refractivity contribution in [2.75, 3.05) is 18.0 Å². The predicted octanol–water partition coefficient (Wildman–Crippen LogP) is 1.42. The predicted molar refractivity (Wildman–Crippen MR) is 95.9 cm³/mol. The van der Waals surface area contributed by atoms with Gasteiger partial charge < -0.3 is 10.6 Å². The molecule has 134 valence electrons. The molecule has 3 N–H and O–H groups in total. The van der Waals surface area contributed by atoms with Crippen LogP contribution >= 0.6 is 12.4 Å². The van der Waals surface area contributed by atoms with Gasteiger partial charge in [-0.2, -0.15) is 0 Å². The second-order valence-corrected chi connectivity index (χ2v) is 8.18. The monoisotopic (exact) mass is 373 g/mol. The molecule has 1 aliphatic carbocycles. The molecule has 6 nitrogen and oxygen atoms in total. The zero-order valence-electron chi connectivity index (χ0n) is 13.7. The Balaban J connectivity index is 0.00000208. The van der Waals surface area contributed by atoms with Crippen LogP contribution in [0.3, 0.4) is 0 Å². The fourth-order valence-corrected chi connectivity index (χ4v) is 4.12. The fraction of sp³-hybridized carbons (Fsp3) is 0.562. The van der Waals surface area contributed by atoms with Crippen molar-refractivity contribution < 1.29 is 13.2 Å². The molecule has 0 saturated heterocycles. The molecule has 1 amide bonds. The number of hydrogen-bond acceptors (Lipinski definition) is 4. The Morgan fingerprint density at radius 1 is 1.42 bits per heavy atom. The third kappa shape index (κ3) is 4.08. The first-order valence-corrected chi connectivity index (χ1v) is 9.53. The Kier molecular flexibility index (Phi) is 5.91. The average molecular weight is 374 g/mol. The largest absolute Gasteiger partial charge is 0.326 e. The maximum absolute atomic E-state index is 12.5. The number of nitrogens with two attached hydrogens (primary N) is 1. The van der Waals surface area contributed by atoms with Crippen molar-refractivity contribution in [1.29, 1.82) is 0 Å². The quantitative estimate of drug-likeness (QED) is 0.816. The van der Waals surface area contributed by atoms with Crippen LogP contribution in [0.4, 0.5) is 5.69 Å². The molecule has 1 unspecified atom stereocenters. The summed E-state index contributed by atoms with van der Waals surface area (Å²) in [4.78, 5) is 13.6. The molecule has 1 fully saturated rings. The molecule has 0 bridgehead atoms. The van der Waals surface area contributed by atoms with Crippen LogP contribution in [0.1, 0.15) is 31.7 Å². The van der Waals surface area contributed by atoms with Gasteiger partial charge in [0.1, 0.15) is 0 Å². The lowest BCUT2D eigenvalue weighted by molar-refractivity contribution is -0.116. The molecular formula is C16H24ClN3O3S. The molecule has 0 aromatic heterocycles. The topological polar surface area (TPSA) is 92.5 Å². The van der Waals surface area contributed by atoms with E-state index in [2.05, 4.69) is 4.72 Å². The molecule has 2 aliphatic rings. The summed E-state index contributed by atoms with van der Waals surface area (Å²) in [5.41, 5.74) is 7.68. The Bertz CT molecular complexity index is 719. The molecule has 24 heavy (non-hydrogen) atoms. The molecule has 0 radical (unpaired) electrons. The first kappa shape index (κ1) is 19.2. The molecule has 1 heterocycles. The Morgan fingerprint density at radius 3 is 2.75 bits per heavy atom. The summed E-state index contributed by atoms with van der Waals surface area (Å²) in [6.07, 6.45) is 3.91. The van der Waals surface area contributed by atoms with E-state index in [1.54, 1.807) is 23.1 Å². The van der Waals surface area contributed by atoms with Gasteiger partial charge in [-0.25, -0.2) is 13.1 Å². The molecule has 0 spiro atoms.